The summed E-state index contributed by atoms with van der Waals surface area (Å²) in [5.74, 6) is 1.11. The Morgan fingerprint density at radius 2 is 1.55 bits per heavy atom. The number of benzene rings is 2. The molecule has 1 fully saturated rings. The third-order valence-electron chi connectivity index (χ3n) is 5.38. The molecule has 31 heavy (non-hydrogen) atoms. The molecule has 0 spiro atoms. The first kappa shape index (κ1) is 20.7. The number of hydrogen-bond acceptors (Lipinski definition) is 6. The number of nitrogens with zero attached hydrogens (tertiary/aromatic N) is 2. The second-order valence-corrected chi connectivity index (χ2v) is 7.05. The summed E-state index contributed by atoms with van der Waals surface area (Å²) in [6.07, 6.45) is 1.59. The highest BCUT2D eigenvalue weighted by atomic mass is 16.5. The van der Waals surface area contributed by atoms with Gasteiger partial charge in [0, 0.05) is 42.2 Å². The largest absolute Gasteiger partial charge is 0.493 e. The van der Waals surface area contributed by atoms with Gasteiger partial charge in [-0.1, -0.05) is 18.2 Å². The van der Waals surface area contributed by atoms with Crippen molar-refractivity contribution in [3.8, 4) is 22.9 Å². The number of aromatic nitrogens is 1. The van der Waals surface area contributed by atoms with Crippen LogP contribution in [0.15, 0.2) is 47.4 Å². The van der Waals surface area contributed by atoms with Crippen LogP contribution in [0.5, 0.6) is 17.2 Å². The van der Waals surface area contributed by atoms with Crippen molar-refractivity contribution in [2.24, 2.45) is 0 Å². The van der Waals surface area contributed by atoms with Crippen molar-refractivity contribution in [1.82, 2.24) is 9.47 Å². The summed E-state index contributed by atoms with van der Waals surface area (Å²) in [6.45, 7) is 2.01. The molecule has 1 amide bonds. The summed E-state index contributed by atoms with van der Waals surface area (Å²) in [5, 5.41) is 1.07. The van der Waals surface area contributed by atoms with Crippen LogP contribution in [0.4, 0.5) is 0 Å². The Morgan fingerprint density at radius 1 is 0.935 bits per heavy atom. The van der Waals surface area contributed by atoms with Gasteiger partial charge in [-0.3, -0.25) is 14.2 Å². The van der Waals surface area contributed by atoms with Crippen molar-refractivity contribution in [2.45, 2.75) is 0 Å². The van der Waals surface area contributed by atoms with Crippen LogP contribution < -0.4 is 19.8 Å². The molecule has 8 nitrogen and oxygen atoms in total. The first-order chi connectivity index (χ1) is 15.1. The van der Waals surface area contributed by atoms with Crippen molar-refractivity contribution in [1.29, 1.82) is 0 Å². The molecule has 0 atom stereocenters. The van der Waals surface area contributed by atoms with Gasteiger partial charge in [-0.15, -0.1) is 0 Å². The van der Waals surface area contributed by atoms with Crippen LogP contribution in [0.3, 0.4) is 0 Å². The van der Waals surface area contributed by atoms with E-state index in [0.717, 1.165) is 0 Å². The van der Waals surface area contributed by atoms with Crippen LogP contribution in [0.1, 0.15) is 10.4 Å². The molecule has 0 unspecified atom stereocenters. The Morgan fingerprint density at radius 3 is 2.13 bits per heavy atom. The summed E-state index contributed by atoms with van der Waals surface area (Å²) in [5.41, 5.74) is 0.704. The van der Waals surface area contributed by atoms with Gasteiger partial charge in [-0.05, 0) is 6.07 Å². The monoisotopic (exact) mass is 424 g/mol. The predicted octanol–water partition coefficient (Wildman–Crippen LogP) is 2.49. The van der Waals surface area contributed by atoms with Gasteiger partial charge in [0.1, 0.15) is 0 Å². The van der Waals surface area contributed by atoms with Gasteiger partial charge in [0.2, 0.25) is 5.75 Å². The Labute approximate surface area is 179 Å². The van der Waals surface area contributed by atoms with E-state index in [1.165, 1.54) is 25.9 Å². The van der Waals surface area contributed by atoms with E-state index >= 15 is 0 Å². The van der Waals surface area contributed by atoms with Crippen LogP contribution in [0.25, 0.3) is 16.5 Å². The fraction of sp³-hybridized carbons (Fsp3) is 0.304. The first-order valence-corrected chi connectivity index (χ1v) is 9.90. The molecule has 0 bridgehead atoms. The minimum Gasteiger partial charge on any atom is -0.493 e. The van der Waals surface area contributed by atoms with Crippen molar-refractivity contribution >= 4 is 16.7 Å². The number of carbonyl (C=O) groups excluding carboxylic acids is 1. The van der Waals surface area contributed by atoms with E-state index in [1.54, 1.807) is 41.4 Å². The molecule has 4 rings (SSSR count). The van der Waals surface area contributed by atoms with E-state index in [1.807, 2.05) is 6.07 Å². The Balaban J connectivity index is 1.94. The zero-order chi connectivity index (χ0) is 22.0. The van der Waals surface area contributed by atoms with Crippen LogP contribution in [0, 0.1) is 0 Å². The summed E-state index contributed by atoms with van der Waals surface area (Å²) in [6, 6.07) is 10.5. The van der Waals surface area contributed by atoms with Gasteiger partial charge in [-0.25, -0.2) is 0 Å². The quantitative estimate of drug-likeness (QED) is 0.626. The molecule has 1 aliphatic rings. The molecule has 0 radical (unpaired) electrons. The molecule has 2 heterocycles. The number of amides is 1. The molecule has 8 heteroatoms. The third kappa shape index (κ3) is 3.70. The normalized spacial score (nSPS) is 13.8. The third-order valence-corrected chi connectivity index (χ3v) is 5.38. The molecule has 2 aromatic carbocycles. The SMILES string of the molecule is COc1cc(-n2cc(C(=O)N3CCOCC3)c3ccccc3c2=O)cc(OC)c1OC. The average Bonchev–Trinajstić information content (AvgIpc) is 2.83. The zero-order valence-corrected chi connectivity index (χ0v) is 17.7. The smallest absolute Gasteiger partial charge is 0.263 e. The summed E-state index contributed by atoms with van der Waals surface area (Å²) in [7, 11) is 4.54. The maximum atomic E-state index is 13.3. The van der Waals surface area contributed by atoms with E-state index in [2.05, 4.69) is 0 Å². The van der Waals surface area contributed by atoms with Gasteiger partial charge >= 0.3 is 0 Å². The number of pyridine rings is 1. The molecule has 0 saturated carbocycles. The maximum Gasteiger partial charge on any atom is 0.263 e. The zero-order valence-electron chi connectivity index (χ0n) is 17.7. The van der Waals surface area contributed by atoms with E-state index in [9.17, 15) is 9.59 Å². The van der Waals surface area contributed by atoms with E-state index in [-0.39, 0.29) is 11.5 Å². The van der Waals surface area contributed by atoms with Crippen LogP contribution >= 0.6 is 0 Å². The van der Waals surface area contributed by atoms with E-state index < -0.39 is 0 Å². The highest BCUT2D eigenvalue weighted by molar-refractivity contribution is 6.06. The standard InChI is InChI=1S/C23H24N2O6/c1-28-19-12-15(13-20(29-2)21(19)30-3)25-14-18(22(26)24-8-10-31-11-9-24)16-6-4-5-7-17(16)23(25)27/h4-7,12-14H,8-11H2,1-3H3. The second kappa shape index (κ2) is 8.69. The molecule has 162 valence electrons. The number of carbonyl (C=O) groups is 1. The highest BCUT2D eigenvalue weighted by Crippen LogP contribution is 2.39. The lowest BCUT2D eigenvalue weighted by atomic mass is 10.1. The van der Waals surface area contributed by atoms with Crippen LogP contribution in [0.2, 0.25) is 0 Å². The molecule has 3 aromatic rings. The Bertz CT molecular complexity index is 1160. The molecule has 1 saturated heterocycles. The molecule has 0 aliphatic carbocycles. The maximum absolute atomic E-state index is 13.3. The molecule has 1 aromatic heterocycles. The minimum absolute atomic E-state index is 0.138. The second-order valence-electron chi connectivity index (χ2n) is 7.05. The average molecular weight is 424 g/mol. The Hall–Kier alpha value is -3.52. The minimum atomic E-state index is -0.247. The summed E-state index contributed by atoms with van der Waals surface area (Å²) >= 11 is 0. The van der Waals surface area contributed by atoms with Crippen molar-refractivity contribution in [3.63, 3.8) is 0 Å². The van der Waals surface area contributed by atoms with Gasteiger partial charge in [0.25, 0.3) is 11.5 Å². The van der Waals surface area contributed by atoms with Crippen LogP contribution in [-0.4, -0.2) is 63.0 Å². The molecular formula is C23H24N2O6. The van der Waals surface area contributed by atoms with E-state index in [4.69, 9.17) is 18.9 Å². The molecular weight excluding hydrogens is 400 g/mol. The lowest BCUT2D eigenvalue weighted by Gasteiger charge is -2.27. The number of morpholine rings is 1. The number of ether oxygens (including phenoxy) is 4. The van der Waals surface area contributed by atoms with Gasteiger partial charge in [0.15, 0.2) is 11.5 Å². The van der Waals surface area contributed by atoms with Crippen molar-refractivity contribution < 1.29 is 23.7 Å². The van der Waals surface area contributed by atoms with Crippen LogP contribution in [-0.2, 0) is 4.74 Å². The fourth-order valence-electron chi connectivity index (χ4n) is 3.80. The first-order valence-electron chi connectivity index (χ1n) is 9.90. The highest BCUT2D eigenvalue weighted by Gasteiger charge is 2.23. The summed E-state index contributed by atoms with van der Waals surface area (Å²) < 4.78 is 23.1. The molecule has 0 N–H and O–H groups in total. The Kier molecular flexibility index (Phi) is 5.81. The van der Waals surface area contributed by atoms with E-state index in [0.29, 0.717) is 65.6 Å². The number of rotatable bonds is 5. The number of hydrogen-bond donors (Lipinski definition) is 0. The predicted molar refractivity (Wildman–Crippen MR) is 116 cm³/mol. The fourth-order valence-corrected chi connectivity index (χ4v) is 3.80. The van der Waals surface area contributed by atoms with Gasteiger partial charge in [0.05, 0.1) is 45.8 Å². The van der Waals surface area contributed by atoms with Gasteiger partial charge < -0.3 is 23.8 Å². The lowest BCUT2D eigenvalue weighted by molar-refractivity contribution is 0.0304. The summed E-state index contributed by atoms with van der Waals surface area (Å²) in [4.78, 5) is 28.4. The van der Waals surface area contributed by atoms with Crippen molar-refractivity contribution in [3.05, 3.63) is 58.5 Å². The lowest BCUT2D eigenvalue weighted by Crippen LogP contribution is -2.41. The van der Waals surface area contributed by atoms with Crippen molar-refractivity contribution in [2.75, 3.05) is 47.6 Å². The van der Waals surface area contributed by atoms with Gasteiger partial charge in [-0.2, -0.15) is 0 Å². The topological polar surface area (TPSA) is 79.2 Å². The number of methoxy groups -OCH3 is 3. The number of fused-ring (bicyclic) bond motifs is 1. The molecule has 1 aliphatic heterocycles.